The standard InChI is InChI=1S/C27H40N4O2S/c1-8-9-12-19-18-31(25(2,3)4)34-23(19)30-24(33)27(7)15-14-21(26(27,5)6)22(32)29-17-20-13-10-11-16-28-20/h10-11,13,16,18,21H,8-9,12,14-15,17H2,1-7H3,(H,29,32)/b30-23-/t21-,27+/m1/s1. The Hall–Kier alpha value is -2.28. The minimum atomic E-state index is -0.696. The summed E-state index contributed by atoms with van der Waals surface area (Å²) >= 11 is 1.56. The second-order valence-corrected chi connectivity index (χ2v) is 12.2. The van der Waals surface area contributed by atoms with Crippen molar-refractivity contribution in [3.63, 3.8) is 0 Å². The van der Waals surface area contributed by atoms with E-state index in [1.165, 1.54) is 0 Å². The van der Waals surface area contributed by atoms with E-state index in [9.17, 15) is 9.59 Å². The van der Waals surface area contributed by atoms with Crippen LogP contribution in [0.4, 0.5) is 0 Å². The normalized spacial score (nSPS) is 22.7. The van der Waals surface area contributed by atoms with E-state index in [0.717, 1.165) is 35.2 Å². The van der Waals surface area contributed by atoms with Gasteiger partial charge in [0.05, 0.1) is 17.7 Å². The second kappa shape index (κ2) is 10.1. The van der Waals surface area contributed by atoms with Gasteiger partial charge in [0.1, 0.15) is 4.67 Å². The highest BCUT2D eigenvalue weighted by atomic mass is 32.1. The number of rotatable bonds is 7. The zero-order valence-electron chi connectivity index (χ0n) is 21.8. The highest BCUT2D eigenvalue weighted by molar-refractivity contribution is 7.04. The summed E-state index contributed by atoms with van der Waals surface area (Å²) in [6.07, 6.45) is 8.29. The van der Waals surface area contributed by atoms with E-state index in [2.05, 4.69) is 48.1 Å². The average molecular weight is 485 g/mol. The SMILES string of the molecule is CCCCc1cn(C(C)(C)C)s/c1=N\C(=O)[C@]1(C)CC[C@H](C(=O)NCc2ccccn2)C1(C)C. The van der Waals surface area contributed by atoms with Gasteiger partial charge in [0, 0.05) is 29.4 Å². The first-order chi connectivity index (χ1) is 15.9. The number of unbranched alkanes of at least 4 members (excludes halogenated alkanes) is 1. The molecule has 7 heteroatoms. The van der Waals surface area contributed by atoms with Crippen molar-refractivity contribution >= 4 is 23.3 Å². The lowest BCUT2D eigenvalue weighted by molar-refractivity contribution is -0.136. The molecule has 2 aromatic rings. The molecule has 1 N–H and O–H groups in total. The van der Waals surface area contributed by atoms with Crippen LogP contribution in [0.1, 0.15) is 85.4 Å². The molecule has 1 aliphatic carbocycles. The first kappa shape index (κ1) is 26.3. The van der Waals surface area contributed by atoms with Crippen molar-refractivity contribution in [2.24, 2.45) is 21.7 Å². The predicted octanol–water partition coefficient (Wildman–Crippen LogP) is 5.23. The van der Waals surface area contributed by atoms with Crippen molar-refractivity contribution in [3.8, 4) is 0 Å². The van der Waals surface area contributed by atoms with Crippen molar-refractivity contribution in [1.82, 2.24) is 14.3 Å². The number of aromatic nitrogens is 2. The molecule has 186 valence electrons. The van der Waals surface area contributed by atoms with Crippen molar-refractivity contribution in [1.29, 1.82) is 0 Å². The van der Waals surface area contributed by atoms with E-state index >= 15 is 0 Å². The summed E-state index contributed by atoms with van der Waals surface area (Å²) in [5.41, 5.74) is 0.695. The number of amides is 2. The number of aryl methyl sites for hydroxylation is 1. The molecule has 2 aromatic heterocycles. The molecule has 2 atom stereocenters. The van der Waals surface area contributed by atoms with E-state index < -0.39 is 10.8 Å². The van der Waals surface area contributed by atoms with Gasteiger partial charge in [-0.05, 0) is 75.5 Å². The van der Waals surface area contributed by atoms with Gasteiger partial charge in [0.15, 0.2) is 0 Å². The van der Waals surface area contributed by atoms with Crippen LogP contribution in [-0.4, -0.2) is 20.8 Å². The van der Waals surface area contributed by atoms with Gasteiger partial charge >= 0.3 is 0 Å². The molecule has 0 aromatic carbocycles. The van der Waals surface area contributed by atoms with E-state index in [1.807, 2.05) is 39.0 Å². The van der Waals surface area contributed by atoms with E-state index in [4.69, 9.17) is 4.99 Å². The van der Waals surface area contributed by atoms with Crippen LogP contribution in [0.3, 0.4) is 0 Å². The van der Waals surface area contributed by atoms with Crippen molar-refractivity contribution in [2.45, 2.75) is 92.7 Å². The fraction of sp³-hybridized carbons (Fsp3) is 0.630. The van der Waals surface area contributed by atoms with Crippen LogP contribution in [0.5, 0.6) is 0 Å². The molecule has 1 aliphatic rings. The van der Waals surface area contributed by atoms with Crippen LogP contribution in [0.25, 0.3) is 0 Å². The van der Waals surface area contributed by atoms with E-state index in [-0.39, 0.29) is 23.3 Å². The van der Waals surface area contributed by atoms with Crippen molar-refractivity contribution < 1.29 is 9.59 Å². The Morgan fingerprint density at radius 2 is 2.00 bits per heavy atom. The molecule has 6 nitrogen and oxygen atoms in total. The van der Waals surface area contributed by atoms with Gasteiger partial charge in [0.25, 0.3) is 5.91 Å². The number of pyridine rings is 1. The highest BCUT2D eigenvalue weighted by Gasteiger charge is 2.58. The lowest BCUT2D eigenvalue weighted by Crippen LogP contribution is -2.45. The molecule has 2 heterocycles. The minimum Gasteiger partial charge on any atom is -0.350 e. The topological polar surface area (TPSA) is 76.3 Å². The Morgan fingerprint density at radius 1 is 1.26 bits per heavy atom. The number of hydrogen-bond acceptors (Lipinski definition) is 4. The lowest BCUT2D eigenvalue weighted by atomic mass is 9.65. The number of hydrogen-bond donors (Lipinski definition) is 1. The maximum absolute atomic E-state index is 13.7. The van der Waals surface area contributed by atoms with Crippen molar-refractivity contribution in [2.75, 3.05) is 0 Å². The molecular weight excluding hydrogens is 444 g/mol. The molecular formula is C27H40N4O2S. The zero-order valence-corrected chi connectivity index (χ0v) is 22.6. The third-order valence-corrected chi connectivity index (χ3v) is 8.96. The van der Waals surface area contributed by atoms with Gasteiger partial charge in [0.2, 0.25) is 5.91 Å². The molecule has 0 saturated heterocycles. The molecule has 2 amide bonds. The van der Waals surface area contributed by atoms with Crippen LogP contribution < -0.4 is 9.99 Å². The monoisotopic (exact) mass is 484 g/mol. The van der Waals surface area contributed by atoms with Gasteiger partial charge < -0.3 is 5.32 Å². The van der Waals surface area contributed by atoms with Gasteiger partial charge in [-0.3, -0.25) is 18.5 Å². The summed E-state index contributed by atoms with van der Waals surface area (Å²) in [6.45, 7) is 15.1. The van der Waals surface area contributed by atoms with Gasteiger partial charge in [-0.1, -0.05) is 40.2 Å². The summed E-state index contributed by atoms with van der Waals surface area (Å²) in [5, 5.41) is 3.03. The maximum Gasteiger partial charge on any atom is 0.253 e. The Kier molecular flexibility index (Phi) is 7.85. The smallest absolute Gasteiger partial charge is 0.253 e. The Balaban J connectivity index is 1.84. The van der Waals surface area contributed by atoms with Gasteiger partial charge in [-0.25, -0.2) is 4.99 Å². The molecule has 0 aliphatic heterocycles. The minimum absolute atomic E-state index is 0.0162. The summed E-state index contributed by atoms with van der Waals surface area (Å²) in [4.78, 5) is 35.8. The Bertz CT molecular complexity index is 1080. The first-order valence-electron chi connectivity index (χ1n) is 12.4. The van der Waals surface area contributed by atoms with Crippen molar-refractivity contribution in [3.05, 3.63) is 46.5 Å². The van der Waals surface area contributed by atoms with Crippen LogP contribution in [0.15, 0.2) is 35.6 Å². The summed E-state index contributed by atoms with van der Waals surface area (Å²) in [7, 11) is 0. The Labute approximate surface area is 208 Å². The Morgan fingerprint density at radius 3 is 2.62 bits per heavy atom. The fourth-order valence-corrected chi connectivity index (χ4v) is 5.73. The molecule has 0 bridgehead atoms. The van der Waals surface area contributed by atoms with Gasteiger partial charge in [-0.2, -0.15) is 0 Å². The molecule has 0 spiro atoms. The third-order valence-electron chi connectivity index (χ3n) is 7.58. The average Bonchev–Trinajstić information content (AvgIpc) is 3.29. The lowest BCUT2D eigenvalue weighted by Gasteiger charge is -2.38. The van der Waals surface area contributed by atoms with Crippen LogP contribution in [0, 0.1) is 16.7 Å². The number of carbonyl (C=O) groups is 2. The predicted molar refractivity (Wildman–Crippen MR) is 137 cm³/mol. The molecule has 1 fully saturated rings. The number of nitrogens with one attached hydrogen (secondary N) is 1. The summed E-state index contributed by atoms with van der Waals surface area (Å²) in [6, 6.07) is 5.66. The van der Waals surface area contributed by atoms with E-state index in [0.29, 0.717) is 19.4 Å². The molecule has 1 saturated carbocycles. The largest absolute Gasteiger partial charge is 0.350 e. The third kappa shape index (κ3) is 5.35. The maximum atomic E-state index is 13.7. The second-order valence-electron chi connectivity index (χ2n) is 11.3. The molecule has 0 unspecified atom stereocenters. The van der Waals surface area contributed by atoms with Crippen LogP contribution in [0.2, 0.25) is 0 Å². The molecule has 3 rings (SSSR count). The highest BCUT2D eigenvalue weighted by Crippen LogP contribution is 2.56. The first-order valence-corrected chi connectivity index (χ1v) is 13.2. The quantitative estimate of drug-likeness (QED) is 0.585. The number of carbonyl (C=O) groups excluding carboxylic acids is 2. The van der Waals surface area contributed by atoms with E-state index in [1.54, 1.807) is 17.7 Å². The van der Waals surface area contributed by atoms with Gasteiger partial charge in [-0.15, -0.1) is 0 Å². The summed E-state index contributed by atoms with van der Waals surface area (Å²) in [5.74, 6) is -0.376. The zero-order chi connectivity index (χ0) is 25.1. The summed E-state index contributed by atoms with van der Waals surface area (Å²) < 4.78 is 3.01. The molecule has 34 heavy (non-hydrogen) atoms. The van der Waals surface area contributed by atoms with Crippen LogP contribution >= 0.6 is 11.5 Å². The number of nitrogens with zero attached hydrogens (tertiary/aromatic N) is 3. The van der Waals surface area contributed by atoms with Crippen LogP contribution in [-0.2, 0) is 28.1 Å². The molecule has 0 radical (unpaired) electrons. The fourth-order valence-electron chi connectivity index (χ4n) is 4.70.